The summed E-state index contributed by atoms with van der Waals surface area (Å²) < 4.78 is 18.4. The SMILES string of the molecule is NCc1cccc(-c2cc(COc3ccccc3CC(=O)O)cc3cc(CC4CCCCOCC4)oc23)c1. The van der Waals surface area contributed by atoms with Crippen molar-refractivity contribution in [2.24, 2.45) is 11.7 Å². The van der Waals surface area contributed by atoms with Gasteiger partial charge in [0.15, 0.2) is 0 Å². The number of fused-ring (bicyclic) bond motifs is 1. The second-order valence-electron chi connectivity index (χ2n) is 10.1. The van der Waals surface area contributed by atoms with Crippen LogP contribution in [0.25, 0.3) is 22.1 Å². The lowest BCUT2D eigenvalue weighted by atomic mass is 9.93. The Balaban J connectivity index is 1.47. The first kappa shape index (κ1) is 26.0. The van der Waals surface area contributed by atoms with Crippen molar-refractivity contribution in [2.45, 2.75) is 51.7 Å². The molecule has 1 fully saturated rings. The van der Waals surface area contributed by atoms with Crippen LogP contribution in [-0.4, -0.2) is 24.3 Å². The molecule has 1 atom stereocenters. The Kier molecular flexibility index (Phi) is 8.41. The van der Waals surface area contributed by atoms with Crippen LogP contribution in [-0.2, 0) is 35.5 Å². The Morgan fingerprint density at radius 1 is 0.974 bits per heavy atom. The zero-order valence-corrected chi connectivity index (χ0v) is 21.7. The maximum Gasteiger partial charge on any atom is 0.307 e. The number of para-hydroxylation sites is 1. The third-order valence-electron chi connectivity index (χ3n) is 7.22. The van der Waals surface area contributed by atoms with Gasteiger partial charge < -0.3 is 24.7 Å². The minimum absolute atomic E-state index is 0.0797. The fourth-order valence-corrected chi connectivity index (χ4v) is 5.27. The minimum Gasteiger partial charge on any atom is -0.489 e. The van der Waals surface area contributed by atoms with E-state index in [4.69, 9.17) is 19.6 Å². The van der Waals surface area contributed by atoms with Crippen LogP contribution >= 0.6 is 0 Å². The zero-order chi connectivity index (χ0) is 26.3. The summed E-state index contributed by atoms with van der Waals surface area (Å²) in [6.07, 6.45) is 5.38. The van der Waals surface area contributed by atoms with Crippen molar-refractivity contribution in [3.05, 3.63) is 89.2 Å². The lowest BCUT2D eigenvalue weighted by Crippen LogP contribution is -2.12. The Bertz CT molecular complexity index is 1380. The lowest BCUT2D eigenvalue weighted by Gasteiger charge is -2.18. The Hall–Kier alpha value is -3.61. The fourth-order valence-electron chi connectivity index (χ4n) is 5.27. The summed E-state index contributed by atoms with van der Waals surface area (Å²) >= 11 is 0. The van der Waals surface area contributed by atoms with E-state index in [2.05, 4.69) is 30.3 Å². The van der Waals surface area contributed by atoms with Gasteiger partial charge in [-0.05, 0) is 72.2 Å². The highest BCUT2D eigenvalue weighted by Crippen LogP contribution is 2.35. The molecule has 3 aromatic carbocycles. The predicted octanol–water partition coefficient (Wildman–Crippen LogP) is 6.51. The van der Waals surface area contributed by atoms with Crippen molar-refractivity contribution >= 4 is 16.9 Å². The predicted molar refractivity (Wildman–Crippen MR) is 148 cm³/mol. The monoisotopic (exact) mass is 513 g/mol. The lowest BCUT2D eigenvalue weighted by molar-refractivity contribution is -0.136. The van der Waals surface area contributed by atoms with Gasteiger partial charge in [0.05, 0.1) is 6.42 Å². The number of nitrogens with two attached hydrogens (primary N) is 1. The van der Waals surface area contributed by atoms with Gasteiger partial charge in [0, 0.05) is 42.7 Å². The number of furan rings is 1. The molecular formula is C32H35NO5. The quantitative estimate of drug-likeness (QED) is 0.265. The molecule has 0 bridgehead atoms. The van der Waals surface area contributed by atoms with E-state index in [1.54, 1.807) is 6.07 Å². The van der Waals surface area contributed by atoms with Gasteiger partial charge in [-0.2, -0.15) is 0 Å². The number of carboxylic acids is 1. The summed E-state index contributed by atoms with van der Waals surface area (Å²) in [5, 5.41) is 10.3. The van der Waals surface area contributed by atoms with E-state index in [-0.39, 0.29) is 6.42 Å². The number of ether oxygens (including phenoxy) is 2. The van der Waals surface area contributed by atoms with E-state index in [0.717, 1.165) is 71.5 Å². The van der Waals surface area contributed by atoms with Gasteiger partial charge in [0.25, 0.3) is 0 Å². The molecule has 1 aliphatic rings. The molecule has 5 rings (SSSR count). The average Bonchev–Trinajstić information content (AvgIpc) is 3.31. The molecular weight excluding hydrogens is 478 g/mol. The second kappa shape index (κ2) is 12.3. The number of carbonyl (C=O) groups is 1. The highest BCUT2D eigenvalue weighted by Gasteiger charge is 2.18. The molecule has 2 heterocycles. The van der Waals surface area contributed by atoms with Crippen LogP contribution in [0, 0.1) is 5.92 Å². The largest absolute Gasteiger partial charge is 0.489 e. The molecule has 6 nitrogen and oxygen atoms in total. The maximum atomic E-state index is 11.3. The Morgan fingerprint density at radius 2 is 1.87 bits per heavy atom. The summed E-state index contributed by atoms with van der Waals surface area (Å²) in [4.78, 5) is 11.3. The Labute approximate surface area is 223 Å². The van der Waals surface area contributed by atoms with Gasteiger partial charge in [-0.25, -0.2) is 0 Å². The molecule has 1 saturated heterocycles. The molecule has 0 amide bonds. The van der Waals surface area contributed by atoms with Crippen molar-refractivity contribution in [3.8, 4) is 16.9 Å². The molecule has 0 radical (unpaired) electrons. The van der Waals surface area contributed by atoms with Crippen molar-refractivity contribution in [1.29, 1.82) is 0 Å². The van der Waals surface area contributed by atoms with Crippen molar-refractivity contribution in [2.75, 3.05) is 13.2 Å². The van der Waals surface area contributed by atoms with Crippen LogP contribution < -0.4 is 10.5 Å². The third kappa shape index (κ3) is 6.44. The Morgan fingerprint density at radius 3 is 2.74 bits per heavy atom. The summed E-state index contributed by atoms with van der Waals surface area (Å²) in [7, 11) is 0. The number of benzene rings is 3. The molecule has 198 valence electrons. The molecule has 0 aliphatic carbocycles. The van der Waals surface area contributed by atoms with Crippen LogP contribution in [0.1, 0.15) is 48.1 Å². The molecule has 1 aliphatic heterocycles. The molecule has 0 spiro atoms. The summed E-state index contributed by atoms with van der Waals surface area (Å²) in [6, 6.07) is 21.9. The molecule has 0 saturated carbocycles. The topological polar surface area (TPSA) is 94.9 Å². The standard InChI is InChI=1S/C32H35NO5/c33-20-23-7-5-9-25(14-23)29-17-24(21-37-30-10-2-1-8-26(30)19-31(34)35)15-27-18-28(38-32(27)29)16-22-6-3-4-12-36-13-11-22/h1-2,5,7-10,14-15,17-18,22H,3-4,6,11-13,16,19-21,33H2,(H,34,35). The normalized spacial score (nSPS) is 16.2. The van der Waals surface area contributed by atoms with Gasteiger partial charge in [0.1, 0.15) is 23.7 Å². The van der Waals surface area contributed by atoms with Gasteiger partial charge in [0.2, 0.25) is 0 Å². The van der Waals surface area contributed by atoms with E-state index in [9.17, 15) is 9.90 Å². The molecule has 3 N–H and O–H groups in total. The van der Waals surface area contributed by atoms with Crippen LogP contribution in [0.5, 0.6) is 5.75 Å². The summed E-state index contributed by atoms with van der Waals surface area (Å²) in [5.74, 6) is 1.24. The first-order valence-electron chi connectivity index (χ1n) is 13.4. The summed E-state index contributed by atoms with van der Waals surface area (Å²) in [5.41, 5.74) is 11.6. The van der Waals surface area contributed by atoms with Gasteiger partial charge in [-0.1, -0.05) is 42.8 Å². The van der Waals surface area contributed by atoms with Crippen LogP contribution in [0.2, 0.25) is 0 Å². The van der Waals surface area contributed by atoms with Crippen molar-refractivity contribution in [3.63, 3.8) is 0 Å². The van der Waals surface area contributed by atoms with Crippen LogP contribution in [0.4, 0.5) is 0 Å². The van der Waals surface area contributed by atoms with E-state index in [0.29, 0.717) is 30.4 Å². The first-order chi connectivity index (χ1) is 18.6. The van der Waals surface area contributed by atoms with Crippen molar-refractivity contribution in [1.82, 2.24) is 0 Å². The van der Waals surface area contributed by atoms with E-state index < -0.39 is 5.97 Å². The number of aliphatic carboxylic acids is 1. The third-order valence-corrected chi connectivity index (χ3v) is 7.22. The van der Waals surface area contributed by atoms with Gasteiger partial charge in [-0.3, -0.25) is 4.79 Å². The fraction of sp³-hybridized carbons (Fsp3) is 0.344. The molecule has 4 aromatic rings. The van der Waals surface area contributed by atoms with Gasteiger partial charge >= 0.3 is 5.97 Å². The zero-order valence-electron chi connectivity index (χ0n) is 21.7. The molecule has 1 aromatic heterocycles. The first-order valence-corrected chi connectivity index (χ1v) is 13.4. The van der Waals surface area contributed by atoms with Gasteiger partial charge in [-0.15, -0.1) is 0 Å². The number of hydrogen-bond donors (Lipinski definition) is 2. The molecule has 6 heteroatoms. The molecule has 1 unspecified atom stereocenters. The second-order valence-corrected chi connectivity index (χ2v) is 10.1. The molecule has 38 heavy (non-hydrogen) atoms. The van der Waals surface area contributed by atoms with E-state index in [1.165, 1.54) is 12.8 Å². The minimum atomic E-state index is -0.883. The highest BCUT2D eigenvalue weighted by atomic mass is 16.5. The number of rotatable bonds is 9. The van der Waals surface area contributed by atoms with E-state index >= 15 is 0 Å². The van der Waals surface area contributed by atoms with Crippen LogP contribution in [0.15, 0.2) is 71.1 Å². The van der Waals surface area contributed by atoms with Crippen LogP contribution in [0.3, 0.4) is 0 Å². The van der Waals surface area contributed by atoms with Crippen molar-refractivity contribution < 1.29 is 23.8 Å². The number of carboxylic acid groups (broad SMARTS) is 1. The number of hydrogen-bond acceptors (Lipinski definition) is 5. The maximum absolute atomic E-state index is 11.3. The summed E-state index contributed by atoms with van der Waals surface area (Å²) in [6.45, 7) is 2.46. The van der Waals surface area contributed by atoms with E-state index in [1.807, 2.05) is 30.3 Å². The average molecular weight is 514 g/mol. The smallest absolute Gasteiger partial charge is 0.307 e. The highest BCUT2D eigenvalue weighted by molar-refractivity contribution is 5.93.